The van der Waals surface area contributed by atoms with Gasteiger partial charge in [-0.2, -0.15) is 0 Å². The highest BCUT2D eigenvalue weighted by atomic mass is 16.5. The molecule has 0 heterocycles. The summed E-state index contributed by atoms with van der Waals surface area (Å²) < 4.78 is 5.10. The van der Waals surface area contributed by atoms with E-state index in [4.69, 9.17) is 4.74 Å². The Kier molecular flexibility index (Phi) is 6.07. The summed E-state index contributed by atoms with van der Waals surface area (Å²) >= 11 is 0. The summed E-state index contributed by atoms with van der Waals surface area (Å²) in [5.74, 6) is 0.142. The Morgan fingerprint density at radius 1 is 0.857 bits per heavy atom. The van der Waals surface area contributed by atoms with Gasteiger partial charge in [0.25, 0.3) is 11.8 Å². The summed E-state index contributed by atoms with van der Waals surface area (Å²) in [5, 5.41) is 5.73. The minimum atomic E-state index is -0.290. The molecule has 0 unspecified atom stereocenters. The Bertz CT molecular complexity index is 981. The monoisotopic (exact) mass is 374 g/mol. The lowest BCUT2D eigenvalue weighted by atomic mass is 10.1. The van der Waals surface area contributed by atoms with Crippen LogP contribution in [0.25, 0.3) is 0 Å². The van der Waals surface area contributed by atoms with Crippen LogP contribution < -0.4 is 15.4 Å². The standard InChI is InChI=1S/C23H22N2O3/c1-16-7-3-4-8-18(16)15-24-23(27)20-9-5-6-10-21(20)25-22(26)17-11-13-19(28-2)14-12-17/h3-14H,15H2,1-2H3,(H,24,27)(H,25,26). The molecule has 0 saturated carbocycles. The number of nitrogens with one attached hydrogen (secondary N) is 2. The normalized spacial score (nSPS) is 10.2. The van der Waals surface area contributed by atoms with Crippen molar-refractivity contribution in [2.45, 2.75) is 13.5 Å². The third-order valence-corrected chi connectivity index (χ3v) is 4.47. The van der Waals surface area contributed by atoms with E-state index in [9.17, 15) is 9.59 Å². The molecule has 0 aliphatic heterocycles. The number of hydrogen-bond acceptors (Lipinski definition) is 3. The van der Waals surface area contributed by atoms with Crippen molar-refractivity contribution in [2.24, 2.45) is 0 Å². The van der Waals surface area contributed by atoms with Crippen LogP contribution in [0, 0.1) is 6.92 Å². The smallest absolute Gasteiger partial charge is 0.255 e. The van der Waals surface area contributed by atoms with Crippen molar-refractivity contribution in [3.8, 4) is 5.75 Å². The number of para-hydroxylation sites is 1. The molecule has 3 rings (SSSR count). The summed E-state index contributed by atoms with van der Waals surface area (Å²) in [6, 6.07) is 21.6. The van der Waals surface area contributed by atoms with Crippen LogP contribution in [0.5, 0.6) is 5.75 Å². The van der Waals surface area contributed by atoms with Crippen LogP contribution in [0.15, 0.2) is 72.8 Å². The number of benzene rings is 3. The van der Waals surface area contributed by atoms with E-state index in [2.05, 4.69) is 10.6 Å². The molecule has 0 radical (unpaired) electrons. The van der Waals surface area contributed by atoms with Crippen molar-refractivity contribution in [3.63, 3.8) is 0 Å². The highest BCUT2D eigenvalue weighted by molar-refractivity contribution is 6.09. The number of aryl methyl sites for hydroxylation is 1. The van der Waals surface area contributed by atoms with Gasteiger partial charge in [-0.05, 0) is 54.4 Å². The molecule has 28 heavy (non-hydrogen) atoms. The lowest BCUT2D eigenvalue weighted by molar-refractivity contribution is 0.0951. The van der Waals surface area contributed by atoms with E-state index in [1.165, 1.54) is 0 Å². The number of methoxy groups -OCH3 is 1. The van der Waals surface area contributed by atoms with Crippen LogP contribution in [-0.4, -0.2) is 18.9 Å². The van der Waals surface area contributed by atoms with Crippen LogP contribution in [0.1, 0.15) is 31.8 Å². The highest BCUT2D eigenvalue weighted by Gasteiger charge is 2.14. The SMILES string of the molecule is COc1ccc(C(=O)Nc2ccccc2C(=O)NCc2ccccc2C)cc1. The molecule has 0 aliphatic rings. The average molecular weight is 374 g/mol. The zero-order valence-corrected chi connectivity index (χ0v) is 15.9. The number of ether oxygens (including phenoxy) is 1. The van der Waals surface area contributed by atoms with Crippen LogP contribution in [0.4, 0.5) is 5.69 Å². The van der Waals surface area contributed by atoms with Gasteiger partial charge < -0.3 is 15.4 Å². The molecular weight excluding hydrogens is 352 g/mol. The van der Waals surface area contributed by atoms with Crippen molar-refractivity contribution in [1.29, 1.82) is 0 Å². The summed E-state index contributed by atoms with van der Waals surface area (Å²) in [4.78, 5) is 25.2. The van der Waals surface area contributed by atoms with Gasteiger partial charge in [-0.25, -0.2) is 0 Å². The van der Waals surface area contributed by atoms with Crippen molar-refractivity contribution < 1.29 is 14.3 Å². The van der Waals surface area contributed by atoms with Gasteiger partial charge >= 0.3 is 0 Å². The summed E-state index contributed by atoms with van der Waals surface area (Å²) in [7, 11) is 1.57. The molecule has 0 saturated heterocycles. The Hall–Kier alpha value is -3.60. The van der Waals surface area contributed by atoms with E-state index in [-0.39, 0.29) is 11.8 Å². The van der Waals surface area contributed by atoms with E-state index < -0.39 is 0 Å². The van der Waals surface area contributed by atoms with Gasteiger partial charge in [-0.3, -0.25) is 9.59 Å². The molecule has 0 aromatic heterocycles. The molecule has 142 valence electrons. The molecule has 2 amide bonds. The topological polar surface area (TPSA) is 67.4 Å². The number of amides is 2. The summed E-state index contributed by atoms with van der Waals surface area (Å²) in [5.41, 5.74) is 3.53. The highest BCUT2D eigenvalue weighted by Crippen LogP contribution is 2.18. The van der Waals surface area contributed by atoms with Gasteiger partial charge in [0.2, 0.25) is 0 Å². The van der Waals surface area contributed by atoms with E-state index in [0.29, 0.717) is 29.1 Å². The van der Waals surface area contributed by atoms with Gasteiger partial charge in [-0.1, -0.05) is 36.4 Å². The number of hydrogen-bond donors (Lipinski definition) is 2. The minimum Gasteiger partial charge on any atom is -0.497 e. The zero-order valence-electron chi connectivity index (χ0n) is 15.9. The fourth-order valence-electron chi connectivity index (χ4n) is 2.81. The second kappa shape index (κ2) is 8.86. The molecule has 0 atom stereocenters. The van der Waals surface area contributed by atoms with Crippen LogP contribution >= 0.6 is 0 Å². The first-order chi connectivity index (χ1) is 13.6. The maximum absolute atomic E-state index is 12.7. The van der Waals surface area contributed by atoms with Crippen LogP contribution in [0.3, 0.4) is 0 Å². The second-order valence-electron chi connectivity index (χ2n) is 6.34. The maximum atomic E-state index is 12.7. The average Bonchev–Trinajstić information content (AvgIpc) is 2.73. The maximum Gasteiger partial charge on any atom is 0.255 e. The Morgan fingerprint density at radius 3 is 2.25 bits per heavy atom. The van der Waals surface area contributed by atoms with Gasteiger partial charge in [0.1, 0.15) is 5.75 Å². The molecule has 0 fully saturated rings. The van der Waals surface area contributed by atoms with E-state index in [1.807, 2.05) is 31.2 Å². The number of anilines is 1. The molecule has 2 N–H and O–H groups in total. The zero-order chi connectivity index (χ0) is 19.9. The predicted molar refractivity (Wildman–Crippen MR) is 110 cm³/mol. The van der Waals surface area contributed by atoms with Crippen LogP contribution in [-0.2, 0) is 6.54 Å². The molecule has 5 nitrogen and oxygen atoms in total. The van der Waals surface area contributed by atoms with E-state index in [1.54, 1.807) is 55.6 Å². The second-order valence-corrected chi connectivity index (χ2v) is 6.34. The van der Waals surface area contributed by atoms with Crippen molar-refractivity contribution in [1.82, 2.24) is 5.32 Å². The quantitative estimate of drug-likeness (QED) is 0.680. The molecule has 0 bridgehead atoms. The predicted octanol–water partition coefficient (Wildman–Crippen LogP) is 4.19. The first-order valence-electron chi connectivity index (χ1n) is 8.95. The minimum absolute atomic E-state index is 0.242. The van der Waals surface area contributed by atoms with Gasteiger partial charge in [0.15, 0.2) is 0 Å². The van der Waals surface area contributed by atoms with Crippen molar-refractivity contribution in [2.75, 3.05) is 12.4 Å². The molecular formula is C23H22N2O3. The van der Waals surface area contributed by atoms with E-state index in [0.717, 1.165) is 11.1 Å². The summed E-state index contributed by atoms with van der Waals surface area (Å²) in [6.45, 7) is 2.43. The fourth-order valence-corrected chi connectivity index (χ4v) is 2.81. The summed E-state index contributed by atoms with van der Waals surface area (Å²) in [6.07, 6.45) is 0. The van der Waals surface area contributed by atoms with E-state index >= 15 is 0 Å². The number of carbonyl (C=O) groups excluding carboxylic acids is 2. The van der Waals surface area contributed by atoms with Gasteiger partial charge in [0, 0.05) is 12.1 Å². The Balaban J connectivity index is 1.72. The van der Waals surface area contributed by atoms with Gasteiger partial charge in [-0.15, -0.1) is 0 Å². The fraction of sp³-hybridized carbons (Fsp3) is 0.130. The molecule has 3 aromatic rings. The van der Waals surface area contributed by atoms with Crippen molar-refractivity contribution >= 4 is 17.5 Å². The molecule has 0 aliphatic carbocycles. The third-order valence-electron chi connectivity index (χ3n) is 4.47. The first kappa shape index (κ1) is 19.2. The molecule has 5 heteroatoms. The molecule has 0 spiro atoms. The number of rotatable bonds is 6. The third kappa shape index (κ3) is 4.57. The Morgan fingerprint density at radius 2 is 1.54 bits per heavy atom. The Labute approximate surface area is 164 Å². The lowest BCUT2D eigenvalue weighted by Gasteiger charge is -2.12. The van der Waals surface area contributed by atoms with Gasteiger partial charge in [0.05, 0.1) is 18.4 Å². The number of carbonyl (C=O) groups is 2. The molecule has 3 aromatic carbocycles. The lowest BCUT2D eigenvalue weighted by Crippen LogP contribution is -2.25. The van der Waals surface area contributed by atoms with Crippen molar-refractivity contribution in [3.05, 3.63) is 95.1 Å². The first-order valence-corrected chi connectivity index (χ1v) is 8.95. The largest absolute Gasteiger partial charge is 0.497 e. The van der Waals surface area contributed by atoms with Crippen LogP contribution in [0.2, 0.25) is 0 Å².